The topological polar surface area (TPSA) is 75.7 Å². The molecule has 0 spiro atoms. The maximum absolute atomic E-state index is 14.0. The molecular formula is C31H32N2O4. The van der Waals surface area contributed by atoms with Gasteiger partial charge >= 0.3 is 5.97 Å². The van der Waals surface area contributed by atoms with E-state index in [0.717, 1.165) is 29.5 Å². The molecule has 0 radical (unpaired) electrons. The fourth-order valence-corrected chi connectivity index (χ4v) is 5.59. The third kappa shape index (κ3) is 5.15. The Morgan fingerprint density at radius 3 is 1.97 bits per heavy atom. The van der Waals surface area contributed by atoms with Crippen LogP contribution in [0.15, 0.2) is 91.0 Å². The summed E-state index contributed by atoms with van der Waals surface area (Å²) in [7, 11) is 1.37. The quantitative estimate of drug-likeness (QED) is 0.473. The van der Waals surface area contributed by atoms with Gasteiger partial charge in [-0.05, 0) is 36.0 Å². The van der Waals surface area contributed by atoms with Crippen molar-refractivity contribution in [1.29, 1.82) is 0 Å². The SMILES string of the molecule is COC(=O)C1C(c2ccccc2)C(C(=O)NCCc2ccccc2)N(C(=O)C2CC2)C1c1ccccc1. The molecule has 1 heterocycles. The van der Waals surface area contributed by atoms with Crippen molar-refractivity contribution in [2.45, 2.75) is 37.3 Å². The van der Waals surface area contributed by atoms with Crippen molar-refractivity contribution in [1.82, 2.24) is 10.2 Å². The summed E-state index contributed by atoms with van der Waals surface area (Å²) in [6, 6.07) is 27.6. The zero-order valence-corrected chi connectivity index (χ0v) is 21.0. The average molecular weight is 497 g/mol. The van der Waals surface area contributed by atoms with Crippen LogP contribution >= 0.6 is 0 Å². The van der Waals surface area contributed by atoms with Crippen LogP contribution in [0.2, 0.25) is 0 Å². The molecule has 190 valence electrons. The van der Waals surface area contributed by atoms with Gasteiger partial charge in [0.25, 0.3) is 0 Å². The number of esters is 1. The van der Waals surface area contributed by atoms with E-state index in [1.807, 2.05) is 91.0 Å². The normalized spacial score (nSPS) is 22.9. The Morgan fingerprint density at radius 1 is 0.838 bits per heavy atom. The number of carbonyl (C=O) groups is 3. The molecule has 2 fully saturated rings. The number of rotatable bonds is 8. The Labute approximate surface area is 217 Å². The minimum atomic E-state index is -0.833. The molecule has 4 atom stereocenters. The fourth-order valence-electron chi connectivity index (χ4n) is 5.59. The van der Waals surface area contributed by atoms with Gasteiger partial charge in [0.2, 0.25) is 11.8 Å². The third-order valence-electron chi connectivity index (χ3n) is 7.47. The Hall–Kier alpha value is -3.93. The van der Waals surface area contributed by atoms with Crippen molar-refractivity contribution in [3.8, 4) is 0 Å². The first-order valence-corrected chi connectivity index (χ1v) is 12.9. The minimum absolute atomic E-state index is 0.0654. The van der Waals surface area contributed by atoms with Gasteiger partial charge in [-0.2, -0.15) is 0 Å². The van der Waals surface area contributed by atoms with Gasteiger partial charge in [-0.25, -0.2) is 0 Å². The van der Waals surface area contributed by atoms with Gasteiger partial charge in [-0.1, -0.05) is 91.0 Å². The third-order valence-corrected chi connectivity index (χ3v) is 7.47. The van der Waals surface area contributed by atoms with Gasteiger partial charge in [0.15, 0.2) is 0 Å². The van der Waals surface area contributed by atoms with Crippen LogP contribution in [0.5, 0.6) is 0 Å². The van der Waals surface area contributed by atoms with E-state index in [9.17, 15) is 14.4 Å². The Morgan fingerprint density at radius 2 is 1.41 bits per heavy atom. The molecule has 0 bridgehead atoms. The van der Waals surface area contributed by atoms with E-state index in [0.29, 0.717) is 13.0 Å². The second kappa shape index (κ2) is 11.0. The molecular weight excluding hydrogens is 464 g/mol. The molecule has 1 aliphatic heterocycles. The highest BCUT2D eigenvalue weighted by Gasteiger charge is 2.59. The highest BCUT2D eigenvalue weighted by Crippen LogP contribution is 2.52. The van der Waals surface area contributed by atoms with E-state index in [1.165, 1.54) is 7.11 Å². The number of amides is 2. The lowest BCUT2D eigenvalue weighted by Gasteiger charge is -2.31. The number of hydrogen-bond donors (Lipinski definition) is 1. The number of benzene rings is 3. The first kappa shape index (κ1) is 24.8. The minimum Gasteiger partial charge on any atom is -0.469 e. The van der Waals surface area contributed by atoms with E-state index < -0.39 is 29.9 Å². The summed E-state index contributed by atoms with van der Waals surface area (Å²) in [6.07, 6.45) is 2.28. The van der Waals surface area contributed by atoms with Crippen LogP contribution in [0, 0.1) is 11.8 Å². The monoisotopic (exact) mass is 496 g/mol. The summed E-state index contributed by atoms with van der Waals surface area (Å²) < 4.78 is 5.30. The molecule has 37 heavy (non-hydrogen) atoms. The number of nitrogens with one attached hydrogen (secondary N) is 1. The summed E-state index contributed by atoms with van der Waals surface area (Å²) in [5, 5.41) is 3.08. The van der Waals surface area contributed by atoms with Crippen LogP contribution < -0.4 is 5.32 Å². The Balaban J connectivity index is 1.56. The zero-order chi connectivity index (χ0) is 25.8. The van der Waals surface area contributed by atoms with E-state index in [-0.39, 0.29) is 17.7 Å². The first-order chi connectivity index (χ1) is 18.1. The second-order valence-corrected chi connectivity index (χ2v) is 9.83. The van der Waals surface area contributed by atoms with Crippen molar-refractivity contribution >= 4 is 17.8 Å². The van der Waals surface area contributed by atoms with Crippen LogP contribution in [-0.2, 0) is 25.5 Å². The highest BCUT2D eigenvalue weighted by molar-refractivity contribution is 5.93. The Kier molecular flexibility index (Phi) is 7.35. The van der Waals surface area contributed by atoms with Crippen molar-refractivity contribution in [2.24, 2.45) is 11.8 Å². The number of ether oxygens (including phenoxy) is 1. The lowest BCUT2D eigenvalue weighted by Crippen LogP contribution is -2.49. The van der Waals surface area contributed by atoms with Gasteiger partial charge in [0, 0.05) is 18.4 Å². The molecule has 1 N–H and O–H groups in total. The first-order valence-electron chi connectivity index (χ1n) is 12.9. The molecule has 3 aromatic rings. The van der Waals surface area contributed by atoms with Crippen molar-refractivity contribution in [2.75, 3.05) is 13.7 Å². The molecule has 6 nitrogen and oxygen atoms in total. The number of hydrogen-bond acceptors (Lipinski definition) is 4. The van der Waals surface area contributed by atoms with Gasteiger partial charge in [-0.3, -0.25) is 14.4 Å². The lowest BCUT2D eigenvalue weighted by atomic mass is 9.80. The molecule has 1 aliphatic carbocycles. The van der Waals surface area contributed by atoms with Crippen LogP contribution in [0.25, 0.3) is 0 Å². The maximum atomic E-state index is 14.0. The van der Waals surface area contributed by atoms with Crippen molar-refractivity contribution in [3.05, 3.63) is 108 Å². The van der Waals surface area contributed by atoms with E-state index >= 15 is 0 Å². The number of nitrogens with zero attached hydrogens (tertiary/aromatic N) is 1. The molecule has 1 saturated heterocycles. The zero-order valence-electron chi connectivity index (χ0n) is 21.0. The lowest BCUT2D eigenvalue weighted by molar-refractivity contribution is -0.148. The van der Waals surface area contributed by atoms with Crippen LogP contribution in [0.3, 0.4) is 0 Å². The number of carbonyl (C=O) groups excluding carboxylic acids is 3. The molecule has 2 amide bonds. The molecule has 0 aromatic heterocycles. The van der Waals surface area contributed by atoms with Gasteiger partial charge in [-0.15, -0.1) is 0 Å². The van der Waals surface area contributed by atoms with Gasteiger partial charge in [0.05, 0.1) is 19.1 Å². The standard InChI is InChI=1S/C31H32N2O4/c1-37-31(36)26-25(22-13-7-3-8-14-22)28(29(34)32-20-19-21-11-5-2-6-12-21)33(30(35)24-17-18-24)27(26)23-15-9-4-10-16-23/h2-16,24-28H,17-20H2,1H3,(H,32,34). The predicted octanol–water partition coefficient (Wildman–Crippen LogP) is 4.28. The van der Waals surface area contributed by atoms with Crippen LogP contribution in [0.4, 0.5) is 0 Å². The molecule has 6 heteroatoms. The fraction of sp³-hybridized carbons (Fsp3) is 0.323. The number of likely N-dealkylation sites (tertiary alicyclic amines) is 1. The van der Waals surface area contributed by atoms with E-state index in [2.05, 4.69) is 5.32 Å². The summed E-state index contributed by atoms with van der Waals surface area (Å²) >= 11 is 0. The van der Waals surface area contributed by atoms with Gasteiger partial charge in [0.1, 0.15) is 6.04 Å². The van der Waals surface area contributed by atoms with E-state index in [1.54, 1.807) is 4.90 Å². The summed E-state index contributed by atoms with van der Waals surface area (Å²) in [4.78, 5) is 42.9. The molecule has 3 aromatic carbocycles. The van der Waals surface area contributed by atoms with Crippen LogP contribution in [-0.4, -0.2) is 42.4 Å². The Bertz CT molecular complexity index is 1230. The van der Waals surface area contributed by atoms with E-state index in [4.69, 9.17) is 4.74 Å². The molecule has 4 unspecified atom stereocenters. The summed E-state index contributed by atoms with van der Waals surface area (Å²) in [5.41, 5.74) is 2.79. The summed E-state index contributed by atoms with van der Waals surface area (Å²) in [6.45, 7) is 0.436. The smallest absolute Gasteiger partial charge is 0.311 e. The average Bonchev–Trinajstić information content (AvgIpc) is 3.74. The predicted molar refractivity (Wildman–Crippen MR) is 140 cm³/mol. The molecule has 5 rings (SSSR count). The molecule has 2 aliphatic rings. The van der Waals surface area contributed by atoms with Gasteiger partial charge < -0.3 is 15.0 Å². The molecule has 1 saturated carbocycles. The summed E-state index contributed by atoms with van der Waals surface area (Å²) in [5.74, 6) is -2.11. The van der Waals surface area contributed by atoms with Crippen molar-refractivity contribution in [3.63, 3.8) is 0 Å². The second-order valence-electron chi connectivity index (χ2n) is 9.83. The van der Waals surface area contributed by atoms with Crippen LogP contribution in [0.1, 0.15) is 41.5 Å². The number of methoxy groups -OCH3 is 1. The maximum Gasteiger partial charge on any atom is 0.311 e. The van der Waals surface area contributed by atoms with Crippen molar-refractivity contribution < 1.29 is 19.1 Å². The largest absolute Gasteiger partial charge is 0.469 e. The highest BCUT2D eigenvalue weighted by atomic mass is 16.5.